The number of nitrogens with zero attached hydrogens (tertiary/aromatic N) is 1. The van der Waals surface area contributed by atoms with Gasteiger partial charge in [-0.2, -0.15) is 0 Å². The van der Waals surface area contributed by atoms with Gasteiger partial charge in [0.1, 0.15) is 12.3 Å². The summed E-state index contributed by atoms with van der Waals surface area (Å²) in [6.07, 6.45) is 1.84. The smallest absolute Gasteiger partial charge is 0.118 e. The topological polar surface area (TPSA) is 21.6 Å². The molecular weight excluding hydrogens is 234 g/mol. The fourth-order valence-corrected chi connectivity index (χ4v) is 1.55. The van der Waals surface area contributed by atoms with Gasteiger partial charge in [0.2, 0.25) is 0 Å². The SMILES string of the molecule is COc1ccc(C#CCN=Cc2ccccc2)cc1. The molecule has 2 heteroatoms. The molecule has 0 aliphatic rings. The van der Waals surface area contributed by atoms with Gasteiger partial charge in [0.05, 0.1) is 7.11 Å². The van der Waals surface area contributed by atoms with Crippen LogP contribution in [0.15, 0.2) is 59.6 Å². The maximum Gasteiger partial charge on any atom is 0.118 e. The quantitative estimate of drug-likeness (QED) is 0.605. The molecule has 0 aromatic heterocycles. The largest absolute Gasteiger partial charge is 0.497 e. The molecule has 0 aliphatic carbocycles. The Morgan fingerprint density at radius 3 is 2.47 bits per heavy atom. The highest BCUT2D eigenvalue weighted by molar-refractivity contribution is 5.79. The fraction of sp³-hybridized carbons (Fsp3) is 0.118. The van der Waals surface area contributed by atoms with Crippen molar-refractivity contribution in [3.8, 4) is 17.6 Å². The number of hydrogen-bond acceptors (Lipinski definition) is 2. The first-order valence-electron chi connectivity index (χ1n) is 6.06. The number of hydrogen-bond donors (Lipinski definition) is 0. The lowest BCUT2D eigenvalue weighted by Gasteiger charge is -1.97. The molecule has 2 nitrogen and oxygen atoms in total. The zero-order valence-electron chi connectivity index (χ0n) is 10.8. The highest BCUT2D eigenvalue weighted by Crippen LogP contribution is 2.09. The van der Waals surface area contributed by atoms with E-state index in [1.165, 1.54) is 0 Å². The van der Waals surface area contributed by atoms with E-state index in [4.69, 9.17) is 4.74 Å². The highest BCUT2D eigenvalue weighted by Gasteiger charge is 1.89. The van der Waals surface area contributed by atoms with Gasteiger partial charge in [-0.15, -0.1) is 0 Å². The third-order valence-corrected chi connectivity index (χ3v) is 2.53. The predicted octanol–water partition coefficient (Wildman–Crippen LogP) is 3.17. The molecular formula is C17H15NO. The van der Waals surface area contributed by atoms with Crippen molar-refractivity contribution >= 4 is 6.21 Å². The van der Waals surface area contributed by atoms with Gasteiger partial charge in [-0.1, -0.05) is 42.2 Å². The van der Waals surface area contributed by atoms with Crippen molar-refractivity contribution < 1.29 is 4.74 Å². The molecule has 0 heterocycles. The van der Waals surface area contributed by atoms with Crippen molar-refractivity contribution in [2.24, 2.45) is 4.99 Å². The molecule has 0 N–H and O–H groups in total. The molecule has 0 spiro atoms. The maximum atomic E-state index is 5.09. The van der Waals surface area contributed by atoms with E-state index in [1.54, 1.807) is 7.11 Å². The first kappa shape index (κ1) is 12.9. The monoisotopic (exact) mass is 249 g/mol. The fourth-order valence-electron chi connectivity index (χ4n) is 1.55. The summed E-state index contributed by atoms with van der Waals surface area (Å²) in [5.74, 6) is 6.92. The van der Waals surface area contributed by atoms with E-state index in [-0.39, 0.29) is 0 Å². The van der Waals surface area contributed by atoms with Crippen LogP contribution in [-0.4, -0.2) is 19.9 Å². The Labute approximate surface area is 113 Å². The van der Waals surface area contributed by atoms with Crippen LogP contribution in [-0.2, 0) is 0 Å². The van der Waals surface area contributed by atoms with Crippen LogP contribution < -0.4 is 4.74 Å². The van der Waals surface area contributed by atoms with Crippen LogP contribution in [0.2, 0.25) is 0 Å². The molecule has 0 aliphatic heterocycles. The molecule has 0 amide bonds. The summed E-state index contributed by atoms with van der Waals surface area (Å²) < 4.78 is 5.09. The van der Waals surface area contributed by atoms with E-state index >= 15 is 0 Å². The van der Waals surface area contributed by atoms with Gasteiger partial charge < -0.3 is 4.74 Å². The van der Waals surface area contributed by atoms with E-state index in [0.717, 1.165) is 16.9 Å². The van der Waals surface area contributed by atoms with Crippen molar-refractivity contribution in [2.45, 2.75) is 0 Å². The normalized spacial score (nSPS) is 9.95. The summed E-state index contributed by atoms with van der Waals surface area (Å²) in [6, 6.07) is 17.7. The van der Waals surface area contributed by atoms with Crippen LogP contribution in [0.25, 0.3) is 0 Å². The van der Waals surface area contributed by atoms with E-state index in [2.05, 4.69) is 16.8 Å². The zero-order chi connectivity index (χ0) is 13.3. The van der Waals surface area contributed by atoms with Gasteiger partial charge in [0.15, 0.2) is 0 Å². The average Bonchev–Trinajstić information content (AvgIpc) is 2.49. The molecule has 2 aromatic carbocycles. The van der Waals surface area contributed by atoms with Gasteiger partial charge in [0.25, 0.3) is 0 Å². The first-order chi connectivity index (χ1) is 9.38. The third kappa shape index (κ3) is 4.33. The third-order valence-electron chi connectivity index (χ3n) is 2.53. The highest BCUT2D eigenvalue weighted by atomic mass is 16.5. The van der Waals surface area contributed by atoms with Crippen LogP contribution in [0, 0.1) is 11.8 Å². The second-order valence-corrected chi connectivity index (χ2v) is 3.91. The summed E-state index contributed by atoms with van der Waals surface area (Å²) in [5, 5.41) is 0. The summed E-state index contributed by atoms with van der Waals surface area (Å²) in [7, 11) is 1.65. The minimum absolute atomic E-state index is 0.501. The minimum Gasteiger partial charge on any atom is -0.497 e. The van der Waals surface area contributed by atoms with Crippen molar-refractivity contribution in [3.05, 3.63) is 65.7 Å². The molecule has 0 radical (unpaired) electrons. The molecule has 0 atom stereocenters. The van der Waals surface area contributed by atoms with Crippen LogP contribution in [0.3, 0.4) is 0 Å². The maximum absolute atomic E-state index is 5.09. The molecule has 2 rings (SSSR count). The van der Waals surface area contributed by atoms with Crippen molar-refractivity contribution in [1.82, 2.24) is 0 Å². The average molecular weight is 249 g/mol. The van der Waals surface area contributed by atoms with Gasteiger partial charge >= 0.3 is 0 Å². The Kier molecular flexibility index (Phi) is 4.78. The molecule has 94 valence electrons. The van der Waals surface area contributed by atoms with E-state index in [1.807, 2.05) is 60.8 Å². The number of methoxy groups -OCH3 is 1. The predicted molar refractivity (Wildman–Crippen MR) is 78.8 cm³/mol. The van der Waals surface area contributed by atoms with Crippen molar-refractivity contribution in [1.29, 1.82) is 0 Å². The number of aliphatic imine (C=N–C) groups is 1. The first-order valence-corrected chi connectivity index (χ1v) is 6.06. The van der Waals surface area contributed by atoms with Crippen LogP contribution in [0.5, 0.6) is 5.75 Å². The Hall–Kier alpha value is -2.53. The van der Waals surface area contributed by atoms with Gasteiger partial charge in [-0.25, -0.2) is 0 Å². The molecule has 0 unspecified atom stereocenters. The second kappa shape index (κ2) is 7.03. The summed E-state index contributed by atoms with van der Waals surface area (Å²) in [5.41, 5.74) is 2.06. The lowest BCUT2D eigenvalue weighted by molar-refractivity contribution is 0.415. The van der Waals surface area contributed by atoms with Gasteiger partial charge in [-0.05, 0) is 29.8 Å². The van der Waals surface area contributed by atoms with Gasteiger partial charge in [0, 0.05) is 11.8 Å². The Bertz CT molecular complexity index is 589. The molecule has 2 aromatic rings. The molecule has 0 saturated carbocycles. The molecule has 0 saturated heterocycles. The lowest BCUT2D eigenvalue weighted by Crippen LogP contribution is -1.83. The molecule has 0 bridgehead atoms. The van der Waals surface area contributed by atoms with E-state index < -0.39 is 0 Å². The number of rotatable bonds is 3. The Morgan fingerprint density at radius 2 is 1.79 bits per heavy atom. The standard InChI is InChI=1S/C17H15NO/c1-19-17-11-9-15(10-12-17)8-5-13-18-14-16-6-3-2-4-7-16/h2-4,6-7,9-12,14H,13H2,1H3. The van der Waals surface area contributed by atoms with Gasteiger partial charge in [-0.3, -0.25) is 4.99 Å². The van der Waals surface area contributed by atoms with E-state index in [0.29, 0.717) is 6.54 Å². The summed E-state index contributed by atoms with van der Waals surface area (Å²) in [6.45, 7) is 0.501. The van der Waals surface area contributed by atoms with Crippen molar-refractivity contribution in [3.63, 3.8) is 0 Å². The van der Waals surface area contributed by atoms with E-state index in [9.17, 15) is 0 Å². The van der Waals surface area contributed by atoms with Crippen LogP contribution in [0.4, 0.5) is 0 Å². The van der Waals surface area contributed by atoms with Crippen molar-refractivity contribution in [2.75, 3.05) is 13.7 Å². The zero-order valence-corrected chi connectivity index (χ0v) is 10.8. The summed E-state index contributed by atoms with van der Waals surface area (Å²) >= 11 is 0. The lowest BCUT2D eigenvalue weighted by atomic mass is 10.2. The Morgan fingerprint density at radius 1 is 1.05 bits per heavy atom. The molecule has 19 heavy (non-hydrogen) atoms. The molecule has 0 fully saturated rings. The van der Waals surface area contributed by atoms with Crippen LogP contribution >= 0.6 is 0 Å². The number of benzene rings is 2. The second-order valence-electron chi connectivity index (χ2n) is 3.91. The number of ether oxygens (including phenoxy) is 1. The van der Waals surface area contributed by atoms with Crippen LogP contribution in [0.1, 0.15) is 11.1 Å². The summed E-state index contributed by atoms with van der Waals surface area (Å²) in [4.78, 5) is 4.27. The minimum atomic E-state index is 0.501. The Balaban J connectivity index is 1.89.